The number of carboxylic acid groups (broad SMARTS) is 1. The number of carbonyl (C=O) groups is 1. The third-order valence-electron chi connectivity index (χ3n) is 4.67. The van der Waals surface area contributed by atoms with E-state index in [1.807, 2.05) is 11.0 Å². The average Bonchev–Trinajstić information content (AvgIpc) is 2.88. The van der Waals surface area contributed by atoms with Gasteiger partial charge in [-0.15, -0.1) is 0 Å². The molecule has 114 valence electrons. The third kappa shape index (κ3) is 2.37. The average molecular weight is 291 g/mol. The molecule has 0 bridgehead atoms. The first-order valence-corrected chi connectivity index (χ1v) is 7.42. The van der Waals surface area contributed by atoms with Gasteiger partial charge in [0.25, 0.3) is 0 Å². The van der Waals surface area contributed by atoms with Crippen LogP contribution in [0, 0.1) is 11.3 Å². The number of carboxylic acids is 1. The molecule has 3 rings (SSSR count). The van der Waals surface area contributed by atoms with E-state index >= 15 is 0 Å². The van der Waals surface area contributed by atoms with E-state index in [0.29, 0.717) is 44.6 Å². The standard InChI is InChI=1S/C15H21N3O3/c1-10(2)12-3-5-16-14(17-12)18-7-11-8-21-6-4-15(11,9-18)13(19)20/h3,5,10-11H,4,6-9H2,1-2H3,(H,19,20)/t11-,15+/m1/s1. The minimum absolute atomic E-state index is 0.00931. The molecule has 0 unspecified atom stereocenters. The molecule has 6 nitrogen and oxygen atoms in total. The fourth-order valence-electron chi connectivity index (χ4n) is 3.29. The largest absolute Gasteiger partial charge is 0.481 e. The predicted molar refractivity (Wildman–Crippen MR) is 77.3 cm³/mol. The van der Waals surface area contributed by atoms with Gasteiger partial charge >= 0.3 is 5.97 Å². The molecule has 6 heteroatoms. The number of aliphatic carboxylic acids is 1. The quantitative estimate of drug-likeness (QED) is 0.910. The minimum Gasteiger partial charge on any atom is -0.481 e. The maximum atomic E-state index is 11.8. The molecular weight excluding hydrogens is 270 g/mol. The van der Waals surface area contributed by atoms with Crippen molar-refractivity contribution in [3.05, 3.63) is 18.0 Å². The van der Waals surface area contributed by atoms with Gasteiger partial charge in [0.15, 0.2) is 0 Å². The van der Waals surface area contributed by atoms with Crippen LogP contribution in [0.5, 0.6) is 0 Å². The summed E-state index contributed by atoms with van der Waals surface area (Å²) in [6.07, 6.45) is 2.32. The van der Waals surface area contributed by atoms with E-state index in [0.717, 1.165) is 5.69 Å². The van der Waals surface area contributed by atoms with Gasteiger partial charge in [-0.25, -0.2) is 9.97 Å². The molecule has 2 fully saturated rings. The third-order valence-corrected chi connectivity index (χ3v) is 4.67. The van der Waals surface area contributed by atoms with Crippen molar-refractivity contribution >= 4 is 11.9 Å². The highest BCUT2D eigenvalue weighted by molar-refractivity contribution is 5.77. The molecule has 0 aliphatic carbocycles. The van der Waals surface area contributed by atoms with Crippen molar-refractivity contribution in [3.63, 3.8) is 0 Å². The first-order valence-electron chi connectivity index (χ1n) is 7.42. The molecule has 2 saturated heterocycles. The van der Waals surface area contributed by atoms with Crippen LogP contribution in [0.2, 0.25) is 0 Å². The Morgan fingerprint density at radius 1 is 1.57 bits per heavy atom. The summed E-state index contributed by atoms with van der Waals surface area (Å²) in [5, 5.41) is 9.68. The first kappa shape index (κ1) is 14.3. The monoisotopic (exact) mass is 291 g/mol. The summed E-state index contributed by atoms with van der Waals surface area (Å²) < 4.78 is 5.47. The normalized spacial score (nSPS) is 28.7. The van der Waals surface area contributed by atoms with E-state index in [4.69, 9.17) is 4.74 Å². The van der Waals surface area contributed by atoms with E-state index in [2.05, 4.69) is 23.8 Å². The summed E-state index contributed by atoms with van der Waals surface area (Å²) in [4.78, 5) is 22.7. The van der Waals surface area contributed by atoms with Crippen LogP contribution in [0.3, 0.4) is 0 Å². The topological polar surface area (TPSA) is 75.6 Å². The van der Waals surface area contributed by atoms with Crippen LogP contribution >= 0.6 is 0 Å². The lowest BCUT2D eigenvalue weighted by molar-refractivity contribution is -0.157. The summed E-state index contributed by atoms with van der Waals surface area (Å²) >= 11 is 0. The molecule has 0 spiro atoms. The fourth-order valence-corrected chi connectivity index (χ4v) is 3.29. The Labute approximate surface area is 124 Å². The van der Waals surface area contributed by atoms with Crippen molar-refractivity contribution in [2.75, 3.05) is 31.2 Å². The van der Waals surface area contributed by atoms with Gasteiger partial charge in [0.1, 0.15) is 0 Å². The number of hydrogen-bond acceptors (Lipinski definition) is 5. The molecule has 0 aromatic carbocycles. The highest BCUT2D eigenvalue weighted by Gasteiger charge is 2.54. The van der Waals surface area contributed by atoms with Gasteiger partial charge < -0.3 is 14.7 Å². The van der Waals surface area contributed by atoms with Crippen LogP contribution in [0.15, 0.2) is 12.3 Å². The number of anilines is 1. The number of aromatic nitrogens is 2. The highest BCUT2D eigenvalue weighted by atomic mass is 16.5. The Balaban J connectivity index is 1.88. The molecule has 2 aliphatic rings. The lowest BCUT2D eigenvalue weighted by atomic mass is 9.74. The Bertz CT molecular complexity index is 549. The van der Waals surface area contributed by atoms with Crippen molar-refractivity contribution in [1.82, 2.24) is 9.97 Å². The molecule has 21 heavy (non-hydrogen) atoms. The van der Waals surface area contributed by atoms with Gasteiger partial charge in [-0.3, -0.25) is 4.79 Å². The van der Waals surface area contributed by atoms with Crippen molar-refractivity contribution in [2.45, 2.75) is 26.2 Å². The van der Waals surface area contributed by atoms with Gasteiger partial charge in [0, 0.05) is 37.5 Å². The Kier molecular flexibility index (Phi) is 3.57. The van der Waals surface area contributed by atoms with Crippen LogP contribution < -0.4 is 4.90 Å². The first-order chi connectivity index (χ1) is 10.0. The van der Waals surface area contributed by atoms with Crippen LogP contribution in [0.25, 0.3) is 0 Å². The molecule has 1 aromatic rings. The maximum absolute atomic E-state index is 11.8. The second-order valence-electron chi connectivity index (χ2n) is 6.30. The molecule has 0 radical (unpaired) electrons. The van der Waals surface area contributed by atoms with Gasteiger partial charge in [-0.1, -0.05) is 13.8 Å². The second kappa shape index (κ2) is 5.26. The molecule has 2 atom stereocenters. The van der Waals surface area contributed by atoms with Crippen LogP contribution in [-0.2, 0) is 9.53 Å². The number of hydrogen-bond donors (Lipinski definition) is 1. The molecule has 0 saturated carbocycles. The van der Waals surface area contributed by atoms with Crippen molar-refractivity contribution in [2.24, 2.45) is 11.3 Å². The second-order valence-corrected chi connectivity index (χ2v) is 6.30. The summed E-state index contributed by atoms with van der Waals surface area (Å²) in [6.45, 7) is 6.31. The maximum Gasteiger partial charge on any atom is 0.311 e. The van der Waals surface area contributed by atoms with E-state index in [1.54, 1.807) is 6.20 Å². The molecular formula is C15H21N3O3. The Morgan fingerprint density at radius 2 is 2.38 bits per heavy atom. The number of ether oxygens (including phenoxy) is 1. The van der Waals surface area contributed by atoms with Gasteiger partial charge in [-0.05, 0) is 18.4 Å². The SMILES string of the molecule is CC(C)c1ccnc(N2C[C@@H]3COCC[C@]3(C(=O)O)C2)n1. The molecule has 1 aromatic heterocycles. The lowest BCUT2D eigenvalue weighted by Gasteiger charge is -2.33. The van der Waals surface area contributed by atoms with Gasteiger partial charge in [-0.2, -0.15) is 0 Å². The zero-order valence-corrected chi connectivity index (χ0v) is 12.5. The highest BCUT2D eigenvalue weighted by Crippen LogP contribution is 2.43. The van der Waals surface area contributed by atoms with Crippen LogP contribution in [-0.4, -0.2) is 47.3 Å². The Morgan fingerprint density at radius 3 is 3.05 bits per heavy atom. The van der Waals surface area contributed by atoms with Crippen LogP contribution in [0.4, 0.5) is 5.95 Å². The Hall–Kier alpha value is -1.69. The summed E-state index contributed by atoms with van der Waals surface area (Å²) in [6, 6.07) is 1.91. The number of nitrogens with zero attached hydrogens (tertiary/aromatic N) is 3. The van der Waals surface area contributed by atoms with E-state index in [9.17, 15) is 9.90 Å². The molecule has 3 heterocycles. The summed E-state index contributed by atoms with van der Waals surface area (Å²) in [7, 11) is 0. The summed E-state index contributed by atoms with van der Waals surface area (Å²) in [5.41, 5.74) is 0.269. The van der Waals surface area contributed by atoms with Crippen molar-refractivity contribution in [1.29, 1.82) is 0 Å². The van der Waals surface area contributed by atoms with Crippen LogP contribution in [0.1, 0.15) is 31.9 Å². The fraction of sp³-hybridized carbons (Fsp3) is 0.667. The number of fused-ring (bicyclic) bond motifs is 1. The predicted octanol–water partition coefficient (Wildman–Crippen LogP) is 1.53. The van der Waals surface area contributed by atoms with E-state index in [1.165, 1.54) is 0 Å². The van der Waals surface area contributed by atoms with Crippen molar-refractivity contribution < 1.29 is 14.6 Å². The molecule has 0 amide bonds. The van der Waals surface area contributed by atoms with Crippen molar-refractivity contribution in [3.8, 4) is 0 Å². The lowest BCUT2D eigenvalue weighted by Crippen LogP contribution is -2.44. The zero-order chi connectivity index (χ0) is 15.0. The molecule has 1 N–H and O–H groups in total. The van der Waals surface area contributed by atoms with Gasteiger partial charge in [0.2, 0.25) is 5.95 Å². The smallest absolute Gasteiger partial charge is 0.311 e. The number of rotatable bonds is 3. The van der Waals surface area contributed by atoms with E-state index < -0.39 is 11.4 Å². The minimum atomic E-state index is -0.724. The summed E-state index contributed by atoms with van der Waals surface area (Å²) in [5.74, 6) is 0.248. The van der Waals surface area contributed by atoms with E-state index in [-0.39, 0.29) is 5.92 Å². The zero-order valence-electron chi connectivity index (χ0n) is 12.5. The van der Waals surface area contributed by atoms with Gasteiger partial charge in [0.05, 0.1) is 12.0 Å². The molecule has 2 aliphatic heterocycles.